The van der Waals surface area contributed by atoms with Crippen LogP contribution in [0.25, 0.3) is 11.0 Å². The zero-order chi connectivity index (χ0) is 16.8. The Labute approximate surface area is 133 Å². The Hall–Kier alpha value is -2.63. The molecule has 0 radical (unpaired) electrons. The second-order valence-corrected chi connectivity index (χ2v) is 5.34. The lowest BCUT2D eigenvalue weighted by molar-refractivity contribution is -0.149. The quantitative estimate of drug-likeness (QED) is 0.793. The van der Waals surface area contributed by atoms with Gasteiger partial charge in [-0.3, -0.25) is 9.59 Å². The van der Waals surface area contributed by atoms with Crippen molar-refractivity contribution in [3.05, 3.63) is 36.1 Å². The molecule has 1 amide bonds. The number of hydrogen-bond acceptors (Lipinski definition) is 5. The van der Waals surface area contributed by atoms with E-state index in [1.165, 1.54) is 6.92 Å². The summed E-state index contributed by atoms with van der Waals surface area (Å²) in [5.74, 6) is -0.451. The van der Waals surface area contributed by atoms with Crippen LogP contribution in [0.5, 0.6) is 0 Å². The summed E-state index contributed by atoms with van der Waals surface area (Å²) in [6.07, 6.45) is 0.109. The van der Waals surface area contributed by atoms with Crippen molar-refractivity contribution in [3.8, 4) is 0 Å². The molecule has 0 aliphatic carbocycles. The maximum Gasteiger partial charge on any atom is 0.306 e. The van der Waals surface area contributed by atoms with E-state index in [1.807, 2.05) is 30.3 Å². The van der Waals surface area contributed by atoms with Gasteiger partial charge in [-0.1, -0.05) is 18.2 Å². The van der Waals surface area contributed by atoms with Crippen LogP contribution in [0.4, 0.5) is 0 Å². The monoisotopic (exact) mass is 317 g/mol. The molecule has 122 valence electrons. The summed E-state index contributed by atoms with van der Waals surface area (Å²) in [4.78, 5) is 33.9. The third-order valence-electron chi connectivity index (χ3n) is 3.29. The number of hydrogen-bond donors (Lipinski definition) is 1. The molecule has 0 saturated carbocycles. The number of nitrogens with one attached hydrogen (secondary N) is 1. The highest BCUT2D eigenvalue weighted by atomic mass is 16.5. The van der Waals surface area contributed by atoms with Gasteiger partial charge in [0.15, 0.2) is 6.61 Å². The van der Waals surface area contributed by atoms with E-state index in [4.69, 9.17) is 9.15 Å². The summed E-state index contributed by atoms with van der Waals surface area (Å²) < 4.78 is 10.5. The second-order valence-electron chi connectivity index (χ2n) is 5.34. The largest absolute Gasteiger partial charge is 0.459 e. The van der Waals surface area contributed by atoms with Gasteiger partial charge in [-0.15, -0.1) is 0 Å². The fourth-order valence-corrected chi connectivity index (χ4v) is 2.07. The van der Waals surface area contributed by atoms with E-state index in [1.54, 1.807) is 6.92 Å². The van der Waals surface area contributed by atoms with Crippen molar-refractivity contribution in [2.75, 3.05) is 6.61 Å². The van der Waals surface area contributed by atoms with Gasteiger partial charge in [-0.25, -0.2) is 0 Å². The SMILES string of the molecule is CC(=O)CCC(=O)OCC(=O)N[C@@H](C)c1cc2ccccc2o1. The molecule has 0 spiro atoms. The first-order valence-corrected chi connectivity index (χ1v) is 7.38. The summed E-state index contributed by atoms with van der Waals surface area (Å²) in [6.45, 7) is 2.81. The Bertz CT molecular complexity index is 686. The van der Waals surface area contributed by atoms with Gasteiger partial charge in [0, 0.05) is 11.8 Å². The van der Waals surface area contributed by atoms with Gasteiger partial charge in [0.05, 0.1) is 12.5 Å². The minimum atomic E-state index is -0.563. The first-order valence-electron chi connectivity index (χ1n) is 7.38. The summed E-state index contributed by atoms with van der Waals surface area (Å²) in [6, 6.07) is 9.08. The Morgan fingerprint density at radius 2 is 1.96 bits per heavy atom. The number of carbonyl (C=O) groups is 3. The van der Waals surface area contributed by atoms with Crippen LogP contribution in [-0.2, 0) is 19.1 Å². The number of amides is 1. The average Bonchev–Trinajstić information content (AvgIpc) is 2.95. The molecule has 1 aromatic heterocycles. The van der Waals surface area contributed by atoms with E-state index < -0.39 is 11.9 Å². The van der Waals surface area contributed by atoms with Gasteiger partial charge < -0.3 is 19.3 Å². The van der Waals surface area contributed by atoms with Crippen LogP contribution >= 0.6 is 0 Å². The first kappa shape index (κ1) is 16.7. The van der Waals surface area contributed by atoms with Crippen LogP contribution in [0.1, 0.15) is 38.5 Å². The van der Waals surface area contributed by atoms with E-state index >= 15 is 0 Å². The van der Waals surface area contributed by atoms with E-state index in [0.717, 1.165) is 11.0 Å². The second kappa shape index (κ2) is 7.58. The van der Waals surface area contributed by atoms with Crippen molar-refractivity contribution in [1.82, 2.24) is 5.32 Å². The van der Waals surface area contributed by atoms with Crippen molar-refractivity contribution in [2.45, 2.75) is 32.7 Å². The van der Waals surface area contributed by atoms with Crippen LogP contribution in [-0.4, -0.2) is 24.3 Å². The smallest absolute Gasteiger partial charge is 0.306 e. The highest BCUT2D eigenvalue weighted by Crippen LogP contribution is 2.23. The highest BCUT2D eigenvalue weighted by Gasteiger charge is 2.15. The van der Waals surface area contributed by atoms with Gasteiger partial charge in [0.25, 0.3) is 5.91 Å². The van der Waals surface area contributed by atoms with Crippen LogP contribution in [0.3, 0.4) is 0 Å². The molecule has 23 heavy (non-hydrogen) atoms. The Morgan fingerprint density at radius 3 is 2.65 bits per heavy atom. The summed E-state index contributed by atoms with van der Waals surface area (Å²) in [5, 5.41) is 3.66. The minimum Gasteiger partial charge on any atom is -0.459 e. The van der Waals surface area contributed by atoms with Gasteiger partial charge in [0.2, 0.25) is 0 Å². The van der Waals surface area contributed by atoms with Gasteiger partial charge in [-0.2, -0.15) is 0 Å². The van der Waals surface area contributed by atoms with Crippen molar-refractivity contribution in [1.29, 1.82) is 0 Å². The van der Waals surface area contributed by atoms with E-state index in [-0.39, 0.29) is 31.3 Å². The maximum absolute atomic E-state index is 11.8. The van der Waals surface area contributed by atoms with Crippen LogP contribution < -0.4 is 5.32 Å². The molecule has 0 fully saturated rings. The van der Waals surface area contributed by atoms with Crippen molar-refractivity contribution in [3.63, 3.8) is 0 Å². The van der Waals surface area contributed by atoms with E-state index in [2.05, 4.69) is 5.32 Å². The molecule has 1 heterocycles. The summed E-state index contributed by atoms with van der Waals surface area (Å²) in [5.41, 5.74) is 0.749. The standard InChI is InChI=1S/C17H19NO5/c1-11(19)7-8-17(21)22-10-16(20)18-12(2)15-9-13-5-3-4-6-14(13)23-15/h3-6,9,12H,7-8,10H2,1-2H3,(H,18,20)/t12-/m0/s1. The molecule has 1 aromatic carbocycles. The fourth-order valence-electron chi connectivity index (χ4n) is 2.07. The van der Waals surface area contributed by atoms with Crippen molar-refractivity contribution < 1.29 is 23.5 Å². The molecule has 0 bridgehead atoms. The minimum absolute atomic E-state index is 0.0122. The first-order chi connectivity index (χ1) is 11.0. The lowest BCUT2D eigenvalue weighted by atomic mass is 10.2. The average molecular weight is 317 g/mol. The lowest BCUT2D eigenvalue weighted by Gasteiger charge is -2.11. The Balaban J connectivity index is 1.82. The number of esters is 1. The number of ketones is 1. The van der Waals surface area contributed by atoms with E-state index in [9.17, 15) is 14.4 Å². The van der Waals surface area contributed by atoms with Gasteiger partial charge in [0.1, 0.15) is 17.1 Å². The molecule has 1 atom stereocenters. The maximum atomic E-state index is 11.8. The van der Waals surface area contributed by atoms with E-state index in [0.29, 0.717) is 5.76 Å². The highest BCUT2D eigenvalue weighted by molar-refractivity contribution is 5.84. The molecule has 6 nitrogen and oxygen atoms in total. The van der Waals surface area contributed by atoms with Gasteiger partial charge >= 0.3 is 5.97 Å². The number of rotatable bonds is 7. The fraction of sp³-hybridized carbons (Fsp3) is 0.353. The number of carbonyl (C=O) groups excluding carboxylic acids is 3. The van der Waals surface area contributed by atoms with Gasteiger partial charge in [-0.05, 0) is 26.0 Å². The molecule has 6 heteroatoms. The molecule has 2 aromatic rings. The molecule has 0 aliphatic heterocycles. The van der Waals surface area contributed by atoms with Crippen LogP contribution in [0.2, 0.25) is 0 Å². The zero-order valence-corrected chi connectivity index (χ0v) is 13.1. The molecule has 0 aliphatic rings. The molecule has 1 N–H and O–H groups in total. The molecule has 0 saturated heterocycles. The van der Waals surface area contributed by atoms with Crippen LogP contribution in [0.15, 0.2) is 34.7 Å². The Kier molecular flexibility index (Phi) is 5.51. The molecule has 0 unspecified atom stereocenters. The molecule has 2 rings (SSSR count). The van der Waals surface area contributed by atoms with Crippen molar-refractivity contribution in [2.24, 2.45) is 0 Å². The summed E-state index contributed by atoms with van der Waals surface area (Å²) >= 11 is 0. The normalized spacial score (nSPS) is 11.9. The topological polar surface area (TPSA) is 85.6 Å². The van der Waals surface area contributed by atoms with Crippen molar-refractivity contribution >= 4 is 28.6 Å². The number of fused-ring (bicyclic) bond motifs is 1. The third-order valence-corrected chi connectivity index (χ3v) is 3.29. The summed E-state index contributed by atoms with van der Waals surface area (Å²) in [7, 11) is 0. The van der Waals surface area contributed by atoms with Crippen LogP contribution in [0, 0.1) is 0 Å². The number of para-hydroxylation sites is 1. The number of Topliss-reactive ketones (excluding diaryl/α,β-unsaturated/α-hetero) is 1. The predicted octanol–water partition coefficient (Wildman–Crippen LogP) is 2.52. The third kappa shape index (κ3) is 4.95. The predicted molar refractivity (Wildman–Crippen MR) is 83.6 cm³/mol. The zero-order valence-electron chi connectivity index (χ0n) is 13.1. The molecular weight excluding hydrogens is 298 g/mol. The lowest BCUT2D eigenvalue weighted by Crippen LogP contribution is -2.31. The number of furan rings is 1. The number of ether oxygens (including phenoxy) is 1. The number of benzene rings is 1. The Morgan fingerprint density at radius 1 is 1.22 bits per heavy atom. The molecular formula is C17H19NO5.